The average molecular weight is 348 g/mol. The van der Waals surface area contributed by atoms with Crippen molar-refractivity contribution in [2.24, 2.45) is 0 Å². The smallest absolute Gasteiger partial charge is 0.419 e. The monoisotopic (exact) mass is 348 g/mol. The SMILES string of the molecule is COc1c(C=C2C(=O)OC(C)(C)OC2=O)ccc(C(F)(F)F)c1F. The molecular weight excluding hydrogens is 336 g/mol. The number of hydrogen-bond donors (Lipinski definition) is 0. The van der Waals surface area contributed by atoms with Gasteiger partial charge in [0.1, 0.15) is 5.57 Å². The van der Waals surface area contributed by atoms with Gasteiger partial charge < -0.3 is 14.2 Å². The lowest BCUT2D eigenvalue weighted by molar-refractivity contribution is -0.222. The molecule has 1 fully saturated rings. The van der Waals surface area contributed by atoms with Crippen molar-refractivity contribution in [2.75, 3.05) is 7.11 Å². The summed E-state index contributed by atoms with van der Waals surface area (Å²) in [6.45, 7) is 2.66. The summed E-state index contributed by atoms with van der Waals surface area (Å²) >= 11 is 0. The molecule has 0 saturated carbocycles. The molecule has 9 heteroatoms. The fourth-order valence-electron chi connectivity index (χ4n) is 2.05. The van der Waals surface area contributed by atoms with Gasteiger partial charge in [-0.2, -0.15) is 13.2 Å². The van der Waals surface area contributed by atoms with Crippen LogP contribution in [0.1, 0.15) is 25.0 Å². The Bertz CT molecular complexity index is 712. The molecule has 1 aliphatic rings. The summed E-state index contributed by atoms with van der Waals surface area (Å²) in [4.78, 5) is 23.7. The highest BCUT2D eigenvalue weighted by atomic mass is 19.4. The van der Waals surface area contributed by atoms with Gasteiger partial charge in [-0.1, -0.05) is 6.07 Å². The first-order chi connectivity index (χ1) is 11.0. The Morgan fingerprint density at radius 1 is 1.12 bits per heavy atom. The van der Waals surface area contributed by atoms with Crippen molar-refractivity contribution in [3.8, 4) is 5.75 Å². The highest BCUT2D eigenvalue weighted by Gasteiger charge is 2.40. The number of cyclic esters (lactones) is 2. The molecular formula is C15H12F4O5. The molecule has 1 aromatic rings. The minimum absolute atomic E-state index is 0.244. The van der Waals surface area contributed by atoms with E-state index in [9.17, 15) is 27.2 Å². The molecule has 1 aliphatic heterocycles. The summed E-state index contributed by atoms with van der Waals surface area (Å²) < 4.78 is 66.4. The van der Waals surface area contributed by atoms with Crippen molar-refractivity contribution < 1.29 is 41.4 Å². The molecule has 0 radical (unpaired) electrons. The maximum Gasteiger partial charge on any atom is 0.419 e. The van der Waals surface area contributed by atoms with E-state index in [4.69, 9.17) is 9.47 Å². The second-order valence-corrected chi connectivity index (χ2v) is 5.28. The number of halogens is 4. The Morgan fingerprint density at radius 3 is 2.12 bits per heavy atom. The summed E-state index contributed by atoms with van der Waals surface area (Å²) in [5, 5.41) is 0. The van der Waals surface area contributed by atoms with Gasteiger partial charge in [0.05, 0.1) is 12.7 Å². The number of esters is 2. The zero-order valence-electron chi connectivity index (χ0n) is 12.8. The van der Waals surface area contributed by atoms with Gasteiger partial charge in [0.2, 0.25) is 0 Å². The largest absolute Gasteiger partial charge is 0.493 e. The van der Waals surface area contributed by atoms with Crippen molar-refractivity contribution in [1.29, 1.82) is 0 Å². The zero-order valence-corrected chi connectivity index (χ0v) is 12.8. The topological polar surface area (TPSA) is 61.8 Å². The van der Waals surface area contributed by atoms with Crippen LogP contribution >= 0.6 is 0 Å². The summed E-state index contributed by atoms with van der Waals surface area (Å²) in [6, 6.07) is 1.35. The van der Waals surface area contributed by atoms with Crippen LogP contribution in [-0.4, -0.2) is 24.8 Å². The van der Waals surface area contributed by atoms with E-state index in [1.54, 1.807) is 0 Å². The third kappa shape index (κ3) is 3.34. The molecule has 130 valence electrons. The van der Waals surface area contributed by atoms with Crippen LogP contribution in [0.5, 0.6) is 5.75 Å². The van der Waals surface area contributed by atoms with Gasteiger partial charge >= 0.3 is 18.1 Å². The highest BCUT2D eigenvalue weighted by Crippen LogP contribution is 2.37. The fourth-order valence-corrected chi connectivity index (χ4v) is 2.05. The fraction of sp³-hybridized carbons (Fsp3) is 0.333. The van der Waals surface area contributed by atoms with Gasteiger partial charge in [0.25, 0.3) is 5.79 Å². The Kier molecular flexibility index (Phi) is 4.30. The molecule has 0 aliphatic carbocycles. The van der Waals surface area contributed by atoms with E-state index in [1.165, 1.54) is 13.8 Å². The van der Waals surface area contributed by atoms with Crippen molar-refractivity contribution in [1.82, 2.24) is 0 Å². The Hall–Kier alpha value is -2.58. The van der Waals surface area contributed by atoms with E-state index >= 15 is 0 Å². The Balaban J connectivity index is 2.52. The molecule has 0 aromatic heterocycles. The predicted molar refractivity (Wildman–Crippen MR) is 72.2 cm³/mol. The predicted octanol–water partition coefficient (Wildman–Crippen LogP) is 3.07. The van der Waals surface area contributed by atoms with Crippen molar-refractivity contribution >= 4 is 18.0 Å². The number of carbonyl (C=O) groups excluding carboxylic acids is 2. The minimum atomic E-state index is -4.92. The molecule has 0 unspecified atom stereocenters. The number of rotatable bonds is 2. The molecule has 0 N–H and O–H groups in total. The number of carbonyl (C=O) groups is 2. The Morgan fingerprint density at radius 2 is 1.67 bits per heavy atom. The summed E-state index contributed by atoms with van der Waals surface area (Å²) in [5.41, 5.74) is -2.37. The molecule has 0 atom stereocenters. The number of methoxy groups -OCH3 is 1. The van der Waals surface area contributed by atoms with Gasteiger partial charge in [0.15, 0.2) is 11.6 Å². The number of hydrogen-bond acceptors (Lipinski definition) is 5. The van der Waals surface area contributed by atoms with E-state index in [0.717, 1.165) is 19.3 Å². The minimum Gasteiger partial charge on any atom is -0.493 e. The average Bonchev–Trinajstić information content (AvgIpc) is 2.40. The second kappa shape index (κ2) is 5.81. The maximum absolute atomic E-state index is 14.0. The lowest BCUT2D eigenvalue weighted by atomic mass is 10.1. The van der Waals surface area contributed by atoms with Crippen LogP contribution in [-0.2, 0) is 25.2 Å². The molecule has 1 aromatic carbocycles. The van der Waals surface area contributed by atoms with E-state index in [1.807, 2.05) is 0 Å². The van der Waals surface area contributed by atoms with Gasteiger partial charge in [-0.3, -0.25) is 0 Å². The third-order valence-corrected chi connectivity index (χ3v) is 3.05. The summed E-state index contributed by atoms with van der Waals surface area (Å²) in [6.07, 6.45) is -4.07. The molecule has 24 heavy (non-hydrogen) atoms. The number of benzene rings is 1. The number of ether oxygens (including phenoxy) is 3. The first-order valence-corrected chi connectivity index (χ1v) is 6.58. The van der Waals surface area contributed by atoms with Crippen LogP contribution in [0.3, 0.4) is 0 Å². The highest BCUT2D eigenvalue weighted by molar-refractivity contribution is 6.19. The van der Waals surface area contributed by atoms with E-state index in [-0.39, 0.29) is 5.56 Å². The lowest BCUT2D eigenvalue weighted by Crippen LogP contribution is -2.41. The molecule has 5 nitrogen and oxygen atoms in total. The van der Waals surface area contributed by atoms with Crippen LogP contribution < -0.4 is 4.74 Å². The molecule has 2 rings (SSSR count). The molecule has 0 amide bonds. The number of alkyl halides is 3. The summed E-state index contributed by atoms with van der Waals surface area (Å²) in [5.74, 6) is -5.97. The van der Waals surface area contributed by atoms with Crippen molar-refractivity contribution in [3.63, 3.8) is 0 Å². The molecule has 0 spiro atoms. The normalized spacial score (nSPS) is 17.2. The van der Waals surface area contributed by atoms with Crippen LogP contribution in [0.2, 0.25) is 0 Å². The van der Waals surface area contributed by atoms with Gasteiger partial charge in [-0.25, -0.2) is 14.0 Å². The van der Waals surface area contributed by atoms with Crippen molar-refractivity contribution in [3.05, 3.63) is 34.6 Å². The molecule has 1 heterocycles. The van der Waals surface area contributed by atoms with Crippen LogP contribution in [0.15, 0.2) is 17.7 Å². The summed E-state index contributed by atoms with van der Waals surface area (Å²) in [7, 11) is 0.960. The third-order valence-electron chi connectivity index (χ3n) is 3.05. The van der Waals surface area contributed by atoms with Crippen molar-refractivity contribution in [2.45, 2.75) is 25.8 Å². The van der Waals surface area contributed by atoms with Crippen LogP contribution in [0, 0.1) is 5.82 Å². The first kappa shape index (κ1) is 17.8. The van der Waals surface area contributed by atoms with Gasteiger partial charge in [-0.15, -0.1) is 0 Å². The van der Waals surface area contributed by atoms with Crippen LogP contribution in [0.25, 0.3) is 6.08 Å². The Labute approximate surface area is 133 Å². The van der Waals surface area contributed by atoms with E-state index in [2.05, 4.69) is 4.74 Å². The standard InChI is InChI=1S/C15H12F4O5/c1-14(2)23-12(20)8(13(21)24-14)6-7-4-5-9(15(17,18)19)10(16)11(7)22-3/h4-6H,1-3H3. The second-order valence-electron chi connectivity index (χ2n) is 5.28. The van der Waals surface area contributed by atoms with Gasteiger partial charge in [0, 0.05) is 19.4 Å². The zero-order chi connectivity index (χ0) is 18.3. The van der Waals surface area contributed by atoms with E-state index < -0.39 is 46.6 Å². The molecule has 1 saturated heterocycles. The first-order valence-electron chi connectivity index (χ1n) is 6.58. The maximum atomic E-state index is 14.0. The molecule has 0 bridgehead atoms. The lowest BCUT2D eigenvalue weighted by Gasteiger charge is -2.29. The quantitative estimate of drug-likeness (QED) is 0.356. The van der Waals surface area contributed by atoms with Gasteiger partial charge in [-0.05, 0) is 12.1 Å². The van der Waals surface area contributed by atoms with Crippen LogP contribution in [0.4, 0.5) is 17.6 Å². The van der Waals surface area contributed by atoms with E-state index in [0.29, 0.717) is 6.07 Å².